The van der Waals surface area contributed by atoms with E-state index < -0.39 is 63.0 Å². The summed E-state index contributed by atoms with van der Waals surface area (Å²) in [6.45, 7) is 0.686. The fraction of sp³-hybridized carbons (Fsp3) is 0.481. The van der Waals surface area contributed by atoms with Crippen LogP contribution in [0.5, 0.6) is 5.75 Å². The summed E-state index contributed by atoms with van der Waals surface area (Å²) in [5.74, 6) is -2.10. The van der Waals surface area contributed by atoms with Gasteiger partial charge in [0.1, 0.15) is 23.1 Å². The topological polar surface area (TPSA) is 112 Å². The zero-order valence-electron chi connectivity index (χ0n) is 22.0. The van der Waals surface area contributed by atoms with Crippen molar-refractivity contribution in [1.82, 2.24) is 15.2 Å². The van der Waals surface area contributed by atoms with Crippen LogP contribution in [0.15, 0.2) is 35.4 Å². The summed E-state index contributed by atoms with van der Waals surface area (Å²) in [6, 6.07) is 5.61. The van der Waals surface area contributed by atoms with E-state index in [-0.39, 0.29) is 52.2 Å². The molecular weight excluding hydrogens is 623 g/mol. The first-order valence-electron chi connectivity index (χ1n) is 13.0. The zero-order chi connectivity index (χ0) is 30.6. The number of nitriles is 1. The van der Waals surface area contributed by atoms with Crippen molar-refractivity contribution >= 4 is 45.8 Å². The van der Waals surface area contributed by atoms with Crippen molar-refractivity contribution in [3.05, 3.63) is 52.0 Å². The summed E-state index contributed by atoms with van der Waals surface area (Å²) < 4.78 is 72.1. The van der Waals surface area contributed by atoms with Crippen LogP contribution in [0.2, 0.25) is 10.0 Å². The highest BCUT2D eigenvalue weighted by Crippen LogP contribution is 2.51. The van der Waals surface area contributed by atoms with Gasteiger partial charge in [0.15, 0.2) is 6.10 Å². The van der Waals surface area contributed by atoms with E-state index in [0.717, 1.165) is 19.1 Å². The van der Waals surface area contributed by atoms with Gasteiger partial charge in [0.05, 0.1) is 48.2 Å². The van der Waals surface area contributed by atoms with Crippen LogP contribution in [-0.4, -0.2) is 61.6 Å². The molecule has 3 aliphatic rings. The molecule has 0 spiro atoms. The number of nitrogens with one attached hydrogen (secondary N) is 1. The molecule has 42 heavy (non-hydrogen) atoms. The van der Waals surface area contributed by atoms with Crippen LogP contribution in [0.3, 0.4) is 0 Å². The molecule has 5 rings (SSSR count). The smallest absolute Gasteiger partial charge is 0.425 e. The molecule has 1 aliphatic heterocycles. The van der Waals surface area contributed by atoms with Crippen molar-refractivity contribution in [1.29, 1.82) is 5.26 Å². The number of carbonyl (C=O) groups is 2. The molecule has 1 saturated heterocycles. The molecule has 0 radical (unpaired) electrons. The van der Waals surface area contributed by atoms with E-state index in [0.29, 0.717) is 12.8 Å². The van der Waals surface area contributed by atoms with E-state index in [1.807, 2.05) is 0 Å². The van der Waals surface area contributed by atoms with Crippen LogP contribution in [0, 0.1) is 17.1 Å². The van der Waals surface area contributed by atoms with E-state index in [9.17, 15) is 36.6 Å². The summed E-state index contributed by atoms with van der Waals surface area (Å²) in [5.41, 5.74) is -2.44. The first-order chi connectivity index (χ1) is 19.7. The van der Waals surface area contributed by atoms with Gasteiger partial charge >= 0.3 is 6.18 Å². The van der Waals surface area contributed by atoms with Crippen LogP contribution in [-0.2, 0) is 25.8 Å². The lowest BCUT2D eigenvalue weighted by Gasteiger charge is -2.28. The molecule has 1 aromatic carbocycles. The molecule has 2 aliphatic carbocycles. The van der Waals surface area contributed by atoms with Gasteiger partial charge in [-0.15, -0.1) is 0 Å². The Kier molecular flexibility index (Phi) is 7.96. The molecule has 8 nitrogen and oxygen atoms in total. The molecule has 4 atom stereocenters. The molecule has 0 bridgehead atoms. The number of alkyl halides is 3. The average molecular weight is 647 g/mol. The average Bonchev–Trinajstić information content (AvgIpc) is 3.84. The standard InChI is InChI=1S/C27H24Cl2F4N4O4S/c1-14(27(31,32)33)41-16-2-3-21(18(29)9-16)42(40)17-10-20(23(38)36-25(13-34)4-5-25)37(12-17)24(39)26(6-7-26)22-19(30)8-15(28)11-35-22/h2-3,8-9,11,14,17,20H,4-7,10,12H2,1H3,(H,36,38)/t14-,17+,20-,42?/m0/s1. The van der Waals surface area contributed by atoms with Crippen LogP contribution in [0.25, 0.3) is 0 Å². The number of aromatic nitrogens is 1. The first-order valence-corrected chi connectivity index (χ1v) is 15.0. The molecular formula is C27H24Cl2F4N4O4S. The van der Waals surface area contributed by atoms with Gasteiger partial charge < -0.3 is 15.0 Å². The molecule has 2 saturated carbocycles. The number of halogens is 6. The van der Waals surface area contributed by atoms with Crippen molar-refractivity contribution in [2.75, 3.05) is 6.54 Å². The molecule has 15 heteroatoms. The number of hydrogen-bond acceptors (Lipinski definition) is 6. The second-order valence-corrected chi connectivity index (χ2v) is 13.3. The minimum absolute atomic E-state index is 0.0563. The lowest BCUT2D eigenvalue weighted by molar-refractivity contribution is -0.189. The third kappa shape index (κ3) is 5.81. The molecule has 2 heterocycles. The Bertz CT molecular complexity index is 1510. The lowest BCUT2D eigenvalue weighted by atomic mass is 9.98. The largest absolute Gasteiger partial charge is 0.481 e. The highest BCUT2D eigenvalue weighted by Gasteiger charge is 2.59. The minimum Gasteiger partial charge on any atom is -0.481 e. The molecule has 2 amide bonds. The maximum atomic E-state index is 14.8. The third-order valence-electron chi connectivity index (χ3n) is 7.77. The zero-order valence-corrected chi connectivity index (χ0v) is 24.3. The van der Waals surface area contributed by atoms with Crippen molar-refractivity contribution < 1.29 is 36.1 Å². The predicted molar refractivity (Wildman–Crippen MR) is 144 cm³/mol. The third-order valence-corrected chi connectivity index (χ3v) is 10.1. The van der Waals surface area contributed by atoms with Crippen molar-refractivity contribution in [3.63, 3.8) is 0 Å². The van der Waals surface area contributed by atoms with Crippen molar-refractivity contribution in [2.45, 2.75) is 78.4 Å². The Balaban J connectivity index is 1.41. The highest BCUT2D eigenvalue weighted by atomic mass is 35.5. The number of rotatable bonds is 8. The van der Waals surface area contributed by atoms with Gasteiger partial charge in [0, 0.05) is 12.7 Å². The molecule has 3 fully saturated rings. The van der Waals surface area contributed by atoms with Crippen LogP contribution < -0.4 is 10.1 Å². The number of nitrogens with zero attached hydrogens (tertiary/aromatic N) is 3. The fourth-order valence-corrected chi connectivity index (χ4v) is 7.03. The maximum Gasteiger partial charge on any atom is 0.425 e. The summed E-state index contributed by atoms with van der Waals surface area (Å²) in [7, 11) is -1.91. The van der Waals surface area contributed by atoms with E-state index in [2.05, 4.69) is 16.4 Å². The van der Waals surface area contributed by atoms with Crippen molar-refractivity contribution in [2.24, 2.45) is 0 Å². The summed E-state index contributed by atoms with van der Waals surface area (Å²) in [4.78, 5) is 32.7. The molecule has 2 aromatic rings. The summed E-state index contributed by atoms with van der Waals surface area (Å²) in [5, 5.41) is 11.3. The Morgan fingerprint density at radius 2 is 1.93 bits per heavy atom. The number of carbonyl (C=O) groups excluding carboxylic acids is 2. The molecule has 1 N–H and O–H groups in total. The maximum absolute atomic E-state index is 14.8. The Hall–Kier alpha value is -2.95. The predicted octanol–water partition coefficient (Wildman–Crippen LogP) is 4.84. The SMILES string of the molecule is C[C@H](Oc1ccc(S(=O)[C@@H]2C[C@@H](C(=O)NC3(C#N)CC3)N(C(=O)C3(c4ncc(Cl)cc4F)CC3)C2)c(Cl)c1)C(F)(F)F. The first kappa shape index (κ1) is 30.5. The van der Waals surface area contributed by atoms with Gasteiger partial charge in [-0.25, -0.2) is 4.39 Å². The summed E-state index contributed by atoms with van der Waals surface area (Å²) in [6.07, 6.45) is -4.07. The van der Waals surface area contributed by atoms with Gasteiger partial charge in [-0.05, 0) is 63.3 Å². The van der Waals surface area contributed by atoms with E-state index in [1.165, 1.54) is 23.2 Å². The highest BCUT2D eigenvalue weighted by molar-refractivity contribution is 7.85. The Labute approximate surface area is 250 Å². The van der Waals surface area contributed by atoms with E-state index >= 15 is 0 Å². The monoisotopic (exact) mass is 646 g/mol. The van der Waals surface area contributed by atoms with Crippen LogP contribution >= 0.6 is 23.2 Å². The second-order valence-electron chi connectivity index (χ2n) is 10.8. The van der Waals surface area contributed by atoms with Crippen LogP contribution in [0.1, 0.15) is 44.7 Å². The molecule has 1 unspecified atom stereocenters. The van der Waals surface area contributed by atoms with Crippen molar-refractivity contribution in [3.8, 4) is 11.8 Å². The Morgan fingerprint density at radius 3 is 2.48 bits per heavy atom. The normalized spacial score (nSPS) is 23.4. The number of benzene rings is 1. The van der Waals surface area contributed by atoms with E-state index in [1.54, 1.807) is 0 Å². The number of ether oxygens (including phenoxy) is 1. The number of amides is 2. The molecule has 224 valence electrons. The number of pyridine rings is 1. The van der Waals surface area contributed by atoms with Gasteiger partial charge in [-0.2, -0.15) is 18.4 Å². The lowest BCUT2D eigenvalue weighted by Crippen LogP contribution is -2.51. The van der Waals surface area contributed by atoms with Gasteiger partial charge in [-0.3, -0.25) is 18.8 Å². The van der Waals surface area contributed by atoms with Gasteiger partial charge in [-0.1, -0.05) is 23.2 Å². The summed E-state index contributed by atoms with van der Waals surface area (Å²) >= 11 is 12.1. The second kappa shape index (κ2) is 11.0. The van der Waals surface area contributed by atoms with Gasteiger partial charge in [0.25, 0.3) is 0 Å². The quantitative estimate of drug-likeness (QED) is 0.411. The number of hydrogen-bond donors (Lipinski definition) is 1. The Morgan fingerprint density at radius 1 is 1.24 bits per heavy atom. The molecule has 1 aromatic heterocycles. The minimum atomic E-state index is -4.60. The van der Waals surface area contributed by atoms with Crippen LogP contribution in [0.4, 0.5) is 17.6 Å². The van der Waals surface area contributed by atoms with Gasteiger partial charge in [0.2, 0.25) is 11.8 Å². The van der Waals surface area contributed by atoms with E-state index in [4.69, 9.17) is 27.9 Å². The number of likely N-dealkylation sites (tertiary alicyclic amines) is 1. The fourth-order valence-electron chi connectivity index (χ4n) is 5.02.